The lowest BCUT2D eigenvalue weighted by molar-refractivity contribution is -0.149. The largest absolute Gasteiger partial charge is 0.465 e. The molecule has 0 aliphatic rings. The molecule has 0 rings (SSSR count). The number of hydrogen-bond donors (Lipinski definition) is 1. The van der Waals surface area contributed by atoms with E-state index < -0.39 is 5.54 Å². The fourth-order valence-electron chi connectivity index (χ4n) is 1.54. The lowest BCUT2D eigenvalue weighted by Crippen LogP contribution is -2.48. The third-order valence-corrected chi connectivity index (χ3v) is 2.43. The molecule has 0 heterocycles. The molecule has 1 atom stereocenters. The molecule has 0 spiro atoms. The van der Waals surface area contributed by atoms with Crippen LogP contribution in [0.3, 0.4) is 0 Å². The first-order valence-corrected chi connectivity index (χ1v) is 5.94. The minimum Gasteiger partial charge on any atom is -0.465 e. The highest BCUT2D eigenvalue weighted by molar-refractivity contribution is 5.79. The van der Waals surface area contributed by atoms with E-state index in [0.29, 0.717) is 18.9 Å². The van der Waals surface area contributed by atoms with Crippen LogP contribution in [-0.2, 0) is 9.53 Å². The zero-order valence-electron chi connectivity index (χ0n) is 11.2. The number of ether oxygens (including phenoxy) is 1. The molecule has 0 saturated heterocycles. The van der Waals surface area contributed by atoms with Gasteiger partial charge in [-0.25, -0.2) is 0 Å². The van der Waals surface area contributed by atoms with Crippen molar-refractivity contribution >= 4 is 5.97 Å². The molecule has 2 N–H and O–H groups in total. The van der Waals surface area contributed by atoms with Crippen molar-refractivity contribution in [3.63, 3.8) is 0 Å². The molecular weight excluding hydrogens is 204 g/mol. The molecule has 0 aromatic carbocycles. The Morgan fingerprint density at radius 3 is 2.50 bits per heavy atom. The van der Waals surface area contributed by atoms with E-state index in [1.165, 1.54) is 0 Å². The number of rotatable bonds is 7. The van der Waals surface area contributed by atoms with Gasteiger partial charge < -0.3 is 15.4 Å². The molecule has 1 unspecified atom stereocenters. The topological polar surface area (TPSA) is 55.6 Å². The van der Waals surface area contributed by atoms with E-state index in [-0.39, 0.29) is 5.97 Å². The van der Waals surface area contributed by atoms with Crippen molar-refractivity contribution in [1.29, 1.82) is 0 Å². The van der Waals surface area contributed by atoms with Crippen LogP contribution in [0.15, 0.2) is 0 Å². The minimum atomic E-state index is -0.874. The molecule has 0 bridgehead atoms. The molecule has 0 amide bonds. The van der Waals surface area contributed by atoms with Crippen LogP contribution in [0.25, 0.3) is 0 Å². The molecule has 0 aliphatic heterocycles. The standard InChI is InChI=1S/C12H26N2O2/c1-6-16-11(15)12(4,13)7-8-14(5)9-10(2)3/h10H,6-9,13H2,1-5H3. The molecule has 0 fully saturated rings. The lowest BCUT2D eigenvalue weighted by Gasteiger charge is -2.26. The summed E-state index contributed by atoms with van der Waals surface area (Å²) in [6.07, 6.45) is 0.620. The summed E-state index contributed by atoms with van der Waals surface area (Å²) in [4.78, 5) is 13.7. The molecule has 0 saturated carbocycles. The maximum atomic E-state index is 11.5. The van der Waals surface area contributed by atoms with Gasteiger partial charge in [0.1, 0.15) is 5.54 Å². The molecule has 0 aromatic heterocycles. The number of carbonyl (C=O) groups excluding carboxylic acids is 1. The van der Waals surface area contributed by atoms with Gasteiger partial charge in [-0.1, -0.05) is 13.8 Å². The van der Waals surface area contributed by atoms with Gasteiger partial charge in [-0.2, -0.15) is 0 Å². The Balaban J connectivity index is 4.02. The maximum absolute atomic E-state index is 11.5. The van der Waals surface area contributed by atoms with Gasteiger partial charge >= 0.3 is 5.97 Å². The summed E-state index contributed by atoms with van der Waals surface area (Å²) in [7, 11) is 2.04. The summed E-state index contributed by atoms with van der Waals surface area (Å²) < 4.78 is 4.94. The second kappa shape index (κ2) is 6.86. The number of nitrogens with two attached hydrogens (primary N) is 1. The number of nitrogens with zero attached hydrogens (tertiary/aromatic N) is 1. The van der Waals surface area contributed by atoms with Crippen molar-refractivity contribution in [2.24, 2.45) is 11.7 Å². The van der Waals surface area contributed by atoms with E-state index in [0.717, 1.165) is 13.1 Å². The molecule has 4 nitrogen and oxygen atoms in total. The van der Waals surface area contributed by atoms with Gasteiger partial charge in [0.15, 0.2) is 0 Å². The van der Waals surface area contributed by atoms with E-state index in [2.05, 4.69) is 18.7 Å². The summed E-state index contributed by atoms with van der Waals surface area (Å²) in [6.45, 7) is 10.1. The van der Waals surface area contributed by atoms with Crippen LogP contribution < -0.4 is 5.73 Å². The van der Waals surface area contributed by atoms with Crippen LogP contribution >= 0.6 is 0 Å². The Morgan fingerprint density at radius 2 is 2.06 bits per heavy atom. The first kappa shape index (κ1) is 15.4. The van der Waals surface area contributed by atoms with Gasteiger partial charge in [0.25, 0.3) is 0 Å². The lowest BCUT2D eigenvalue weighted by atomic mass is 9.99. The number of hydrogen-bond acceptors (Lipinski definition) is 4. The Kier molecular flexibility index (Phi) is 6.60. The second-order valence-electron chi connectivity index (χ2n) is 5.04. The molecule has 0 aliphatic carbocycles. The molecule has 16 heavy (non-hydrogen) atoms. The van der Waals surface area contributed by atoms with Gasteiger partial charge in [-0.05, 0) is 33.2 Å². The Hall–Kier alpha value is -0.610. The van der Waals surface area contributed by atoms with Crippen molar-refractivity contribution in [2.45, 2.75) is 39.7 Å². The zero-order chi connectivity index (χ0) is 12.8. The van der Waals surface area contributed by atoms with Gasteiger partial charge in [0, 0.05) is 13.1 Å². The van der Waals surface area contributed by atoms with Crippen LogP contribution in [0.2, 0.25) is 0 Å². The first-order chi connectivity index (χ1) is 7.29. The van der Waals surface area contributed by atoms with E-state index >= 15 is 0 Å². The third kappa shape index (κ3) is 6.08. The van der Waals surface area contributed by atoms with Gasteiger partial charge in [0.2, 0.25) is 0 Å². The number of carbonyl (C=O) groups is 1. The van der Waals surface area contributed by atoms with Crippen LogP contribution in [0.4, 0.5) is 0 Å². The average Bonchev–Trinajstić information content (AvgIpc) is 2.14. The van der Waals surface area contributed by atoms with Crippen molar-refractivity contribution in [3.8, 4) is 0 Å². The molecule has 0 radical (unpaired) electrons. The predicted octanol–water partition coefficient (Wildman–Crippen LogP) is 1.24. The summed E-state index contributed by atoms with van der Waals surface area (Å²) >= 11 is 0. The van der Waals surface area contributed by atoms with Crippen molar-refractivity contribution in [3.05, 3.63) is 0 Å². The van der Waals surface area contributed by atoms with Gasteiger partial charge in [0.05, 0.1) is 6.61 Å². The third-order valence-electron chi connectivity index (χ3n) is 2.43. The molecule has 96 valence electrons. The van der Waals surface area contributed by atoms with Crippen LogP contribution in [0.1, 0.15) is 34.1 Å². The van der Waals surface area contributed by atoms with Crippen LogP contribution in [-0.4, -0.2) is 43.2 Å². The summed E-state index contributed by atoms with van der Waals surface area (Å²) in [5.41, 5.74) is 5.05. The predicted molar refractivity (Wildman–Crippen MR) is 66.2 cm³/mol. The monoisotopic (exact) mass is 230 g/mol. The Labute approximate surface area is 99.1 Å². The minimum absolute atomic E-state index is 0.312. The van der Waals surface area contributed by atoms with Crippen LogP contribution in [0, 0.1) is 5.92 Å². The van der Waals surface area contributed by atoms with Gasteiger partial charge in [-0.3, -0.25) is 4.79 Å². The smallest absolute Gasteiger partial charge is 0.325 e. The fraction of sp³-hybridized carbons (Fsp3) is 0.917. The van der Waals surface area contributed by atoms with Crippen molar-refractivity contribution in [1.82, 2.24) is 4.90 Å². The molecule has 4 heteroatoms. The highest BCUT2D eigenvalue weighted by Gasteiger charge is 2.29. The highest BCUT2D eigenvalue weighted by Crippen LogP contribution is 2.09. The normalized spacial score (nSPS) is 15.2. The second-order valence-corrected chi connectivity index (χ2v) is 5.04. The summed E-state index contributed by atoms with van der Waals surface area (Å²) in [5.74, 6) is 0.310. The summed E-state index contributed by atoms with van der Waals surface area (Å²) in [5, 5.41) is 0. The Morgan fingerprint density at radius 1 is 1.50 bits per heavy atom. The first-order valence-electron chi connectivity index (χ1n) is 5.94. The Bertz CT molecular complexity index is 215. The summed E-state index contributed by atoms with van der Waals surface area (Å²) in [6, 6.07) is 0. The van der Waals surface area contributed by atoms with Crippen LogP contribution in [0.5, 0.6) is 0 Å². The fourth-order valence-corrected chi connectivity index (χ4v) is 1.54. The van der Waals surface area contributed by atoms with E-state index in [4.69, 9.17) is 10.5 Å². The van der Waals surface area contributed by atoms with Crippen molar-refractivity contribution in [2.75, 3.05) is 26.7 Å². The van der Waals surface area contributed by atoms with Gasteiger partial charge in [-0.15, -0.1) is 0 Å². The van der Waals surface area contributed by atoms with E-state index in [1.807, 2.05) is 7.05 Å². The van der Waals surface area contributed by atoms with Crippen molar-refractivity contribution < 1.29 is 9.53 Å². The van der Waals surface area contributed by atoms with E-state index in [9.17, 15) is 4.79 Å². The molecule has 0 aromatic rings. The average molecular weight is 230 g/mol. The SMILES string of the molecule is CCOC(=O)C(C)(N)CCN(C)CC(C)C. The highest BCUT2D eigenvalue weighted by atomic mass is 16.5. The quantitative estimate of drug-likeness (QED) is 0.669. The molecular formula is C12H26N2O2. The zero-order valence-corrected chi connectivity index (χ0v) is 11.2. The number of esters is 1. The maximum Gasteiger partial charge on any atom is 0.325 e. The van der Waals surface area contributed by atoms with E-state index in [1.54, 1.807) is 13.8 Å².